The van der Waals surface area contributed by atoms with Gasteiger partial charge in [0.05, 0.1) is 18.0 Å². The molecule has 0 saturated heterocycles. The van der Waals surface area contributed by atoms with Crippen molar-refractivity contribution >= 4 is 34.8 Å². The molecule has 0 unspecified atom stereocenters. The van der Waals surface area contributed by atoms with E-state index < -0.39 is 17.4 Å². The molecule has 3 amide bonds. The molecular formula is C35H37N3O5. The zero-order valence-corrected chi connectivity index (χ0v) is 24.4. The van der Waals surface area contributed by atoms with E-state index >= 15 is 0 Å². The number of para-hydroxylation sites is 1. The Balaban J connectivity index is 1.42. The number of hydrogen-bond donors (Lipinski definition) is 2. The van der Waals surface area contributed by atoms with Gasteiger partial charge in [-0.25, -0.2) is 0 Å². The molecular weight excluding hydrogens is 542 g/mol. The summed E-state index contributed by atoms with van der Waals surface area (Å²) in [5.74, 6) is -1.41. The van der Waals surface area contributed by atoms with Gasteiger partial charge in [0.25, 0.3) is 5.91 Å². The van der Waals surface area contributed by atoms with Crippen molar-refractivity contribution in [1.82, 2.24) is 4.90 Å². The molecule has 2 N–H and O–H groups in total. The van der Waals surface area contributed by atoms with Crippen LogP contribution in [0.2, 0.25) is 0 Å². The van der Waals surface area contributed by atoms with Crippen LogP contribution in [-0.2, 0) is 33.0 Å². The average molecular weight is 580 g/mol. The van der Waals surface area contributed by atoms with Crippen molar-refractivity contribution in [3.05, 3.63) is 114 Å². The highest BCUT2D eigenvalue weighted by atomic mass is 16.3. The Morgan fingerprint density at radius 2 is 1.79 bits per heavy atom. The Bertz CT molecular complexity index is 1550. The summed E-state index contributed by atoms with van der Waals surface area (Å²) in [7, 11) is 0. The van der Waals surface area contributed by atoms with Crippen molar-refractivity contribution < 1.29 is 24.6 Å². The molecule has 2 atom stereocenters. The largest absolute Gasteiger partial charge is 0.395 e. The number of fused-ring (bicyclic) bond motifs is 2. The number of benzene rings is 3. The van der Waals surface area contributed by atoms with Crippen LogP contribution >= 0.6 is 0 Å². The smallest absolute Gasteiger partial charge is 0.264 e. The van der Waals surface area contributed by atoms with Gasteiger partial charge in [-0.3, -0.25) is 19.3 Å². The van der Waals surface area contributed by atoms with Gasteiger partial charge < -0.3 is 20.0 Å². The summed E-state index contributed by atoms with van der Waals surface area (Å²) >= 11 is 0. The Kier molecular flexibility index (Phi) is 8.89. The third-order valence-corrected chi connectivity index (χ3v) is 8.23. The Hall–Kier alpha value is -4.53. The van der Waals surface area contributed by atoms with Gasteiger partial charge in [0.2, 0.25) is 11.8 Å². The van der Waals surface area contributed by atoms with E-state index in [1.54, 1.807) is 53.2 Å². The van der Waals surface area contributed by atoms with Crippen molar-refractivity contribution in [1.29, 1.82) is 0 Å². The third kappa shape index (κ3) is 5.76. The molecule has 2 aliphatic rings. The predicted molar refractivity (Wildman–Crippen MR) is 167 cm³/mol. The normalized spacial score (nSPS) is 18.5. The average Bonchev–Trinajstić information content (AvgIpc) is 3.23. The maximum Gasteiger partial charge on any atom is 0.264 e. The van der Waals surface area contributed by atoms with Gasteiger partial charge in [-0.2, -0.15) is 0 Å². The molecule has 8 heteroatoms. The summed E-state index contributed by atoms with van der Waals surface area (Å²) in [5, 5.41) is 21.6. The predicted octanol–water partition coefficient (Wildman–Crippen LogP) is 4.62. The van der Waals surface area contributed by atoms with Crippen LogP contribution in [0, 0.1) is 5.92 Å². The molecule has 0 radical (unpaired) electrons. The molecule has 222 valence electrons. The molecule has 5 rings (SSSR count). The highest BCUT2D eigenvalue weighted by molar-refractivity contribution is 6.09. The second-order valence-corrected chi connectivity index (χ2v) is 11.0. The summed E-state index contributed by atoms with van der Waals surface area (Å²) < 4.78 is 0. The number of aliphatic hydroxyl groups excluding tert-OH is 1. The number of amides is 3. The molecule has 2 aliphatic heterocycles. The van der Waals surface area contributed by atoms with Crippen LogP contribution in [0.5, 0.6) is 0 Å². The number of aryl methyl sites for hydroxylation is 1. The zero-order valence-electron chi connectivity index (χ0n) is 24.4. The lowest BCUT2D eigenvalue weighted by molar-refractivity contribution is -0.139. The highest BCUT2D eigenvalue weighted by Gasteiger charge is 2.52. The highest BCUT2D eigenvalue weighted by Crippen LogP contribution is 2.47. The molecule has 0 bridgehead atoms. The molecule has 0 fully saturated rings. The molecule has 3 aromatic rings. The van der Waals surface area contributed by atoms with Crippen LogP contribution in [0.1, 0.15) is 36.5 Å². The van der Waals surface area contributed by atoms with Gasteiger partial charge >= 0.3 is 0 Å². The van der Waals surface area contributed by atoms with Gasteiger partial charge in [-0.1, -0.05) is 73.7 Å². The van der Waals surface area contributed by atoms with E-state index in [1.807, 2.05) is 54.6 Å². The first-order chi connectivity index (χ1) is 20.8. The number of aliphatic hydroxyl groups is 2. The molecule has 8 nitrogen and oxygen atoms in total. The number of carbonyl (C=O) groups excluding carboxylic acids is 3. The Morgan fingerprint density at radius 1 is 1.05 bits per heavy atom. The van der Waals surface area contributed by atoms with Crippen molar-refractivity contribution in [2.75, 3.05) is 29.5 Å². The first-order valence-electron chi connectivity index (χ1n) is 14.6. The number of hydrogen-bond acceptors (Lipinski definition) is 5. The van der Waals surface area contributed by atoms with E-state index in [9.17, 15) is 24.6 Å². The van der Waals surface area contributed by atoms with E-state index in [0.717, 1.165) is 16.8 Å². The first-order valence-corrected chi connectivity index (χ1v) is 14.6. The van der Waals surface area contributed by atoms with Crippen molar-refractivity contribution in [3.8, 4) is 0 Å². The van der Waals surface area contributed by atoms with Gasteiger partial charge in [-0.15, -0.1) is 6.58 Å². The van der Waals surface area contributed by atoms with E-state index in [-0.39, 0.29) is 37.9 Å². The summed E-state index contributed by atoms with van der Waals surface area (Å²) in [5.41, 5.74) is 2.44. The van der Waals surface area contributed by atoms with Crippen LogP contribution in [-0.4, -0.2) is 52.5 Å². The van der Waals surface area contributed by atoms with Gasteiger partial charge in [0.15, 0.2) is 5.60 Å². The van der Waals surface area contributed by atoms with Crippen molar-refractivity contribution in [2.24, 2.45) is 5.92 Å². The van der Waals surface area contributed by atoms with Crippen molar-refractivity contribution in [3.63, 3.8) is 0 Å². The minimum Gasteiger partial charge on any atom is -0.395 e. The van der Waals surface area contributed by atoms with Gasteiger partial charge in [0, 0.05) is 49.6 Å². The lowest BCUT2D eigenvalue weighted by atomic mass is 9.82. The maximum absolute atomic E-state index is 13.8. The second kappa shape index (κ2) is 12.8. The van der Waals surface area contributed by atoms with Crippen LogP contribution in [0.15, 0.2) is 97.6 Å². The molecule has 2 heterocycles. The maximum atomic E-state index is 13.8. The molecule has 3 aromatic carbocycles. The van der Waals surface area contributed by atoms with Gasteiger partial charge in [-0.05, 0) is 41.8 Å². The van der Waals surface area contributed by atoms with E-state index in [1.165, 1.54) is 4.90 Å². The standard InChI is InChI=1S/C35H37N3O5/c1-3-20-37-31-18-17-28(38-30-14-8-7-13-27(30)16-19-33(38)41)23-29(31)35(43,34(37)42)25(2)10-9-15-32(40)36(21-22-39)24-26-11-5-4-6-12-26/h3-14,17-18,23,25,39,43H,1,15-16,19-22,24H2,2H3/b10-9+/t25-,35+/m0/s1. The SMILES string of the molecule is C=CCN1C(=O)[C@@](O)([C@@H](C)/C=C/CC(=O)N(CCO)Cc2ccccc2)c2cc(N3C(=O)CCc4ccccc43)ccc21. The van der Waals surface area contributed by atoms with Crippen molar-refractivity contribution in [2.45, 2.75) is 38.3 Å². The topological polar surface area (TPSA) is 101 Å². The van der Waals surface area contributed by atoms with Crippen LogP contribution in [0.25, 0.3) is 0 Å². The van der Waals surface area contributed by atoms with E-state index in [0.29, 0.717) is 36.3 Å². The molecule has 0 aliphatic carbocycles. The fourth-order valence-corrected chi connectivity index (χ4v) is 5.95. The molecule has 0 spiro atoms. The summed E-state index contributed by atoms with van der Waals surface area (Å²) in [6.45, 7) is 6.14. The molecule has 0 saturated carbocycles. The fraction of sp³-hybridized carbons (Fsp3) is 0.286. The fourth-order valence-electron chi connectivity index (χ4n) is 5.95. The third-order valence-electron chi connectivity index (χ3n) is 8.23. The number of anilines is 3. The van der Waals surface area contributed by atoms with Gasteiger partial charge in [0.1, 0.15) is 0 Å². The van der Waals surface area contributed by atoms with Crippen LogP contribution in [0.4, 0.5) is 17.1 Å². The lowest BCUT2D eigenvalue weighted by Gasteiger charge is -2.31. The van der Waals surface area contributed by atoms with Crippen LogP contribution in [0.3, 0.4) is 0 Å². The number of nitrogens with zero attached hydrogens (tertiary/aromatic N) is 3. The zero-order chi connectivity index (χ0) is 30.6. The van der Waals surface area contributed by atoms with Crippen LogP contribution < -0.4 is 9.80 Å². The monoisotopic (exact) mass is 579 g/mol. The second-order valence-electron chi connectivity index (χ2n) is 11.0. The Morgan fingerprint density at radius 3 is 2.53 bits per heavy atom. The van der Waals surface area contributed by atoms with E-state index in [4.69, 9.17) is 0 Å². The lowest BCUT2D eigenvalue weighted by Crippen LogP contribution is -2.44. The number of carbonyl (C=O) groups is 3. The summed E-state index contributed by atoms with van der Waals surface area (Å²) in [6.07, 6.45) is 6.03. The minimum absolute atomic E-state index is 0.0454. The first kappa shape index (κ1) is 29.9. The summed E-state index contributed by atoms with van der Waals surface area (Å²) in [4.78, 5) is 44.7. The molecule has 0 aromatic heterocycles. The minimum atomic E-state index is -1.92. The summed E-state index contributed by atoms with van der Waals surface area (Å²) in [6, 6.07) is 22.6. The molecule has 43 heavy (non-hydrogen) atoms. The van der Waals surface area contributed by atoms with E-state index in [2.05, 4.69) is 6.58 Å². The quantitative estimate of drug-likeness (QED) is 0.323. The number of rotatable bonds is 11. The Labute approximate surface area is 252 Å².